The first-order valence-corrected chi connectivity index (χ1v) is 10.5. The predicted molar refractivity (Wildman–Crippen MR) is 111 cm³/mol. The first-order chi connectivity index (χ1) is 13.1. The molecule has 1 aliphatic heterocycles. The molecular weight excluding hydrogens is 356 g/mol. The maximum Gasteiger partial charge on any atom is 0.266 e. The lowest BCUT2D eigenvalue weighted by molar-refractivity contribution is 0.0315. The second-order valence-electron chi connectivity index (χ2n) is 7.14. The number of hydrogen-bond acceptors (Lipinski definition) is 4. The molecule has 2 heterocycles. The monoisotopic (exact) mass is 380 g/mol. The number of thioether (sulfide) groups is 1. The maximum atomic E-state index is 13.3. The zero-order valence-electron chi connectivity index (χ0n) is 15.8. The molecule has 0 radical (unpaired) electrons. The van der Waals surface area contributed by atoms with E-state index in [1.807, 2.05) is 38.1 Å². The van der Waals surface area contributed by atoms with Gasteiger partial charge >= 0.3 is 0 Å². The lowest BCUT2D eigenvalue weighted by Crippen LogP contribution is -2.25. The number of fused-ring (bicyclic) bond motifs is 1. The van der Waals surface area contributed by atoms with Gasteiger partial charge in [-0.15, -0.1) is 0 Å². The second kappa shape index (κ2) is 7.87. The smallest absolute Gasteiger partial charge is 0.266 e. The molecule has 1 aromatic heterocycles. The van der Waals surface area contributed by atoms with Gasteiger partial charge in [-0.3, -0.25) is 9.36 Å². The molecule has 0 unspecified atom stereocenters. The summed E-state index contributed by atoms with van der Waals surface area (Å²) < 4.78 is 7.65. The van der Waals surface area contributed by atoms with Crippen molar-refractivity contribution in [1.82, 2.24) is 9.55 Å². The van der Waals surface area contributed by atoms with Gasteiger partial charge in [0.2, 0.25) is 0 Å². The van der Waals surface area contributed by atoms with E-state index < -0.39 is 0 Å². The Morgan fingerprint density at radius 3 is 2.85 bits per heavy atom. The molecule has 0 bridgehead atoms. The molecule has 4 nitrogen and oxygen atoms in total. The third-order valence-electron chi connectivity index (χ3n) is 5.02. The van der Waals surface area contributed by atoms with Crippen molar-refractivity contribution in [2.24, 2.45) is 0 Å². The van der Waals surface area contributed by atoms with Crippen LogP contribution in [0.1, 0.15) is 30.4 Å². The van der Waals surface area contributed by atoms with E-state index in [0.717, 1.165) is 52.7 Å². The van der Waals surface area contributed by atoms with Gasteiger partial charge in [0.1, 0.15) is 0 Å². The highest BCUT2D eigenvalue weighted by Gasteiger charge is 2.19. The van der Waals surface area contributed by atoms with Crippen molar-refractivity contribution >= 4 is 22.7 Å². The number of aryl methyl sites for hydroxylation is 2. The van der Waals surface area contributed by atoms with E-state index in [0.29, 0.717) is 5.39 Å². The molecule has 0 saturated carbocycles. The van der Waals surface area contributed by atoms with Crippen LogP contribution in [0.15, 0.2) is 52.4 Å². The Morgan fingerprint density at radius 2 is 2.04 bits per heavy atom. The molecular formula is C22H24N2O2S. The molecule has 5 heteroatoms. The minimum Gasteiger partial charge on any atom is -0.377 e. The average molecular weight is 381 g/mol. The highest BCUT2D eigenvalue weighted by Crippen LogP contribution is 2.26. The normalized spacial score (nSPS) is 17.3. The Balaban J connectivity index is 1.82. The molecule has 1 atom stereocenters. The SMILES string of the molecule is Cc1ccc(C)c(-n2c(SC[C@H]3CCCCO3)nc3ccccc3c2=O)c1. The molecule has 3 aromatic rings. The van der Waals surface area contributed by atoms with Crippen LogP contribution in [-0.4, -0.2) is 28.0 Å². The molecule has 2 aromatic carbocycles. The third-order valence-corrected chi connectivity index (χ3v) is 6.09. The van der Waals surface area contributed by atoms with Crippen molar-refractivity contribution in [3.63, 3.8) is 0 Å². The fourth-order valence-electron chi connectivity index (χ4n) is 3.49. The Kier molecular flexibility index (Phi) is 5.32. The van der Waals surface area contributed by atoms with Crippen LogP contribution in [0, 0.1) is 13.8 Å². The third kappa shape index (κ3) is 3.80. The summed E-state index contributed by atoms with van der Waals surface area (Å²) in [5.41, 5.74) is 3.83. The zero-order valence-corrected chi connectivity index (χ0v) is 16.6. The summed E-state index contributed by atoms with van der Waals surface area (Å²) in [6.45, 7) is 4.92. The molecule has 0 N–H and O–H groups in total. The predicted octanol–water partition coefficient (Wildman–Crippen LogP) is 4.66. The van der Waals surface area contributed by atoms with Crippen LogP contribution in [0.4, 0.5) is 0 Å². The van der Waals surface area contributed by atoms with Crippen molar-refractivity contribution in [3.8, 4) is 5.69 Å². The minimum absolute atomic E-state index is 0.0126. The highest BCUT2D eigenvalue weighted by molar-refractivity contribution is 7.99. The molecule has 27 heavy (non-hydrogen) atoms. The Hall–Kier alpha value is -2.11. The van der Waals surface area contributed by atoms with Gasteiger partial charge in [-0.2, -0.15) is 0 Å². The van der Waals surface area contributed by atoms with Crippen LogP contribution in [0.3, 0.4) is 0 Å². The zero-order chi connectivity index (χ0) is 18.8. The van der Waals surface area contributed by atoms with Crippen molar-refractivity contribution in [3.05, 3.63) is 63.9 Å². The first kappa shape index (κ1) is 18.3. The number of ether oxygens (including phenoxy) is 1. The van der Waals surface area contributed by atoms with E-state index in [1.165, 1.54) is 6.42 Å². The fourth-order valence-corrected chi connectivity index (χ4v) is 4.56. The number of rotatable bonds is 4. The Labute approximate surface area is 163 Å². The van der Waals surface area contributed by atoms with Crippen molar-refractivity contribution in [1.29, 1.82) is 0 Å². The summed E-state index contributed by atoms with van der Waals surface area (Å²) in [7, 11) is 0. The number of benzene rings is 2. The van der Waals surface area contributed by atoms with Gasteiger partial charge < -0.3 is 4.74 Å². The van der Waals surface area contributed by atoms with E-state index in [1.54, 1.807) is 16.3 Å². The summed E-state index contributed by atoms with van der Waals surface area (Å²) in [6.07, 6.45) is 3.66. The summed E-state index contributed by atoms with van der Waals surface area (Å²) in [4.78, 5) is 18.2. The van der Waals surface area contributed by atoms with Crippen LogP contribution in [-0.2, 0) is 4.74 Å². The number of aromatic nitrogens is 2. The molecule has 0 amide bonds. The molecule has 0 spiro atoms. The molecule has 1 saturated heterocycles. The van der Waals surface area contributed by atoms with Crippen molar-refractivity contribution in [2.45, 2.75) is 44.4 Å². The van der Waals surface area contributed by atoms with Crippen LogP contribution in [0.5, 0.6) is 0 Å². The van der Waals surface area contributed by atoms with E-state index in [9.17, 15) is 4.79 Å². The van der Waals surface area contributed by atoms with Gasteiger partial charge in [0.15, 0.2) is 5.16 Å². The van der Waals surface area contributed by atoms with Crippen molar-refractivity contribution < 1.29 is 4.74 Å². The molecule has 1 aliphatic rings. The van der Waals surface area contributed by atoms with E-state index >= 15 is 0 Å². The quantitative estimate of drug-likeness (QED) is 0.488. The average Bonchev–Trinajstić information content (AvgIpc) is 2.69. The Morgan fingerprint density at radius 1 is 1.19 bits per heavy atom. The lowest BCUT2D eigenvalue weighted by Gasteiger charge is -2.23. The first-order valence-electron chi connectivity index (χ1n) is 9.47. The summed E-state index contributed by atoms with van der Waals surface area (Å²) >= 11 is 1.62. The van der Waals surface area contributed by atoms with Gasteiger partial charge in [-0.1, -0.05) is 36.0 Å². The number of hydrogen-bond donors (Lipinski definition) is 0. The largest absolute Gasteiger partial charge is 0.377 e. The topological polar surface area (TPSA) is 44.1 Å². The summed E-state index contributed by atoms with van der Waals surface area (Å²) in [5.74, 6) is 0.815. The fraction of sp³-hybridized carbons (Fsp3) is 0.364. The van der Waals surface area contributed by atoms with Crippen LogP contribution in [0.2, 0.25) is 0 Å². The van der Waals surface area contributed by atoms with Crippen LogP contribution < -0.4 is 5.56 Å². The number of nitrogens with zero attached hydrogens (tertiary/aromatic N) is 2. The lowest BCUT2D eigenvalue weighted by atomic mass is 10.1. The molecule has 0 aliphatic carbocycles. The van der Waals surface area contributed by atoms with Gasteiger partial charge in [0, 0.05) is 12.4 Å². The maximum absolute atomic E-state index is 13.3. The second-order valence-corrected chi connectivity index (χ2v) is 8.13. The van der Waals surface area contributed by atoms with E-state index in [2.05, 4.69) is 18.2 Å². The number of para-hydroxylation sites is 1. The van der Waals surface area contributed by atoms with Gasteiger partial charge in [0.25, 0.3) is 5.56 Å². The van der Waals surface area contributed by atoms with Gasteiger partial charge in [0.05, 0.1) is 22.7 Å². The minimum atomic E-state index is -0.0126. The van der Waals surface area contributed by atoms with E-state index in [-0.39, 0.29) is 11.7 Å². The van der Waals surface area contributed by atoms with Gasteiger partial charge in [-0.05, 0) is 62.4 Å². The van der Waals surface area contributed by atoms with E-state index in [4.69, 9.17) is 9.72 Å². The molecule has 4 rings (SSSR count). The van der Waals surface area contributed by atoms with Crippen molar-refractivity contribution in [2.75, 3.05) is 12.4 Å². The standard InChI is InChI=1S/C22H24N2O2S/c1-15-10-11-16(2)20(13-15)24-21(25)18-8-3-4-9-19(18)23-22(24)27-14-17-7-5-6-12-26-17/h3-4,8-11,13,17H,5-7,12,14H2,1-2H3/t17-/m1/s1. The molecule has 140 valence electrons. The molecule has 1 fully saturated rings. The van der Waals surface area contributed by atoms with Crippen LogP contribution >= 0.6 is 11.8 Å². The van der Waals surface area contributed by atoms with Gasteiger partial charge in [-0.25, -0.2) is 4.98 Å². The highest BCUT2D eigenvalue weighted by atomic mass is 32.2. The summed E-state index contributed by atoms with van der Waals surface area (Å²) in [5, 5.41) is 1.39. The Bertz CT molecular complexity index is 1020. The van der Waals surface area contributed by atoms with Crippen LogP contribution in [0.25, 0.3) is 16.6 Å². The summed E-state index contributed by atoms with van der Waals surface area (Å²) in [6, 6.07) is 13.8.